The lowest BCUT2D eigenvalue weighted by atomic mass is 10.1. The first kappa shape index (κ1) is 12.4. The van der Waals surface area contributed by atoms with Gasteiger partial charge in [-0.2, -0.15) is 5.10 Å². The quantitative estimate of drug-likeness (QED) is 0.839. The van der Waals surface area contributed by atoms with Crippen LogP contribution >= 0.6 is 11.6 Å². The molecule has 1 aliphatic rings. The predicted molar refractivity (Wildman–Crippen MR) is 65.8 cm³/mol. The summed E-state index contributed by atoms with van der Waals surface area (Å²) >= 11 is 6.16. The lowest BCUT2D eigenvalue weighted by molar-refractivity contribution is -0.122. The molecule has 0 spiro atoms. The molecule has 0 aromatic carbocycles. The molecule has 0 radical (unpaired) electrons. The van der Waals surface area contributed by atoms with Crippen molar-refractivity contribution < 1.29 is 4.79 Å². The third kappa shape index (κ3) is 2.79. The first-order valence-electron chi connectivity index (χ1n) is 5.76. The third-order valence-electron chi connectivity index (χ3n) is 3.09. The highest BCUT2D eigenvalue weighted by atomic mass is 35.5. The van der Waals surface area contributed by atoms with Crippen LogP contribution in [0, 0.1) is 6.92 Å². The Morgan fingerprint density at radius 3 is 2.94 bits per heavy atom. The van der Waals surface area contributed by atoms with Crippen LogP contribution in [0.5, 0.6) is 0 Å². The average molecular weight is 257 g/mol. The summed E-state index contributed by atoms with van der Waals surface area (Å²) in [6.07, 6.45) is 1.47. The van der Waals surface area contributed by atoms with E-state index in [2.05, 4.69) is 15.7 Å². The number of carbonyl (C=O) groups excluding carboxylic acids is 1. The molecule has 2 N–H and O–H groups in total. The molecule has 0 saturated carbocycles. The number of nitrogens with zero attached hydrogens (tertiary/aromatic N) is 2. The first-order valence-corrected chi connectivity index (χ1v) is 6.13. The van der Waals surface area contributed by atoms with Gasteiger partial charge in [-0.3, -0.25) is 9.48 Å². The van der Waals surface area contributed by atoms with Gasteiger partial charge >= 0.3 is 0 Å². The van der Waals surface area contributed by atoms with Crippen molar-refractivity contribution in [3.05, 3.63) is 16.4 Å². The molecule has 2 heterocycles. The van der Waals surface area contributed by atoms with Crippen LogP contribution in [0.3, 0.4) is 0 Å². The van der Waals surface area contributed by atoms with Crippen molar-refractivity contribution in [3.63, 3.8) is 0 Å². The van der Waals surface area contributed by atoms with E-state index in [1.54, 1.807) is 4.68 Å². The van der Waals surface area contributed by atoms with Crippen LogP contribution in [0.2, 0.25) is 5.02 Å². The predicted octanol–water partition coefficient (Wildman–Crippen LogP) is 0.750. The van der Waals surface area contributed by atoms with Gasteiger partial charge in [0.2, 0.25) is 5.91 Å². The summed E-state index contributed by atoms with van der Waals surface area (Å²) in [4.78, 5) is 11.0. The van der Waals surface area contributed by atoms with Crippen LogP contribution < -0.4 is 10.6 Å². The van der Waals surface area contributed by atoms with Gasteiger partial charge in [0.25, 0.3) is 0 Å². The number of rotatable bonds is 3. The Balaban J connectivity index is 1.91. The number of hydrogen-bond acceptors (Lipinski definition) is 3. The maximum Gasteiger partial charge on any atom is 0.220 e. The van der Waals surface area contributed by atoms with Gasteiger partial charge in [0.15, 0.2) is 0 Å². The highest BCUT2D eigenvalue weighted by molar-refractivity contribution is 6.31. The summed E-state index contributed by atoms with van der Waals surface area (Å²) in [5.74, 6) is 0.137. The van der Waals surface area contributed by atoms with Crippen LogP contribution in [-0.4, -0.2) is 28.3 Å². The van der Waals surface area contributed by atoms with Gasteiger partial charge in [-0.15, -0.1) is 0 Å². The van der Waals surface area contributed by atoms with Gasteiger partial charge in [0.1, 0.15) is 0 Å². The third-order valence-corrected chi connectivity index (χ3v) is 3.58. The van der Waals surface area contributed by atoms with Crippen molar-refractivity contribution in [2.45, 2.75) is 32.4 Å². The lowest BCUT2D eigenvalue weighted by Gasteiger charge is -2.23. The molecule has 1 amide bonds. The zero-order chi connectivity index (χ0) is 12.4. The number of aromatic nitrogens is 2. The van der Waals surface area contributed by atoms with Crippen molar-refractivity contribution in [2.24, 2.45) is 7.05 Å². The van der Waals surface area contributed by atoms with E-state index in [1.807, 2.05) is 14.0 Å². The highest BCUT2D eigenvalue weighted by Crippen LogP contribution is 2.19. The topological polar surface area (TPSA) is 59.0 Å². The summed E-state index contributed by atoms with van der Waals surface area (Å²) in [5, 5.41) is 11.2. The second kappa shape index (κ2) is 5.06. The summed E-state index contributed by atoms with van der Waals surface area (Å²) in [5.41, 5.74) is 1.84. The van der Waals surface area contributed by atoms with Gasteiger partial charge in [-0.1, -0.05) is 11.6 Å². The maximum atomic E-state index is 11.0. The van der Waals surface area contributed by atoms with Gasteiger partial charge in [-0.05, 0) is 13.3 Å². The summed E-state index contributed by atoms with van der Waals surface area (Å²) in [7, 11) is 1.89. The van der Waals surface area contributed by atoms with E-state index < -0.39 is 0 Å². The monoisotopic (exact) mass is 256 g/mol. The Kier molecular flexibility index (Phi) is 3.69. The van der Waals surface area contributed by atoms with E-state index in [0.29, 0.717) is 25.6 Å². The Bertz CT molecular complexity index is 419. The standard InChI is InChI=1S/C11H17ClN4O/c1-7-11(12)9(16(2)15-7)6-13-8-3-4-10(17)14-5-8/h8,13H,3-6H2,1-2H3,(H,14,17). The number of carbonyl (C=O) groups is 1. The zero-order valence-electron chi connectivity index (χ0n) is 10.1. The molecule has 0 bridgehead atoms. The van der Waals surface area contributed by atoms with E-state index in [0.717, 1.165) is 22.8 Å². The van der Waals surface area contributed by atoms with Gasteiger partial charge in [0, 0.05) is 32.6 Å². The first-order chi connectivity index (χ1) is 8.08. The molecule has 1 unspecified atom stereocenters. The summed E-state index contributed by atoms with van der Waals surface area (Å²) in [6.45, 7) is 3.26. The molecule has 1 atom stereocenters. The molecular weight excluding hydrogens is 240 g/mol. The van der Waals surface area contributed by atoms with E-state index in [1.165, 1.54) is 0 Å². The molecule has 6 heteroatoms. The molecule has 1 aliphatic heterocycles. The summed E-state index contributed by atoms with van der Waals surface area (Å²) < 4.78 is 1.80. The second-order valence-electron chi connectivity index (χ2n) is 4.39. The number of hydrogen-bond donors (Lipinski definition) is 2. The normalized spacial score (nSPS) is 20.4. The maximum absolute atomic E-state index is 11.0. The molecule has 1 fully saturated rings. The highest BCUT2D eigenvalue weighted by Gasteiger charge is 2.18. The molecule has 1 aromatic rings. The van der Waals surface area contributed by atoms with Crippen molar-refractivity contribution in [2.75, 3.05) is 6.54 Å². The van der Waals surface area contributed by atoms with Crippen LogP contribution in [0.1, 0.15) is 24.2 Å². The molecule has 2 rings (SSSR count). The minimum absolute atomic E-state index is 0.137. The second-order valence-corrected chi connectivity index (χ2v) is 4.77. The fraction of sp³-hybridized carbons (Fsp3) is 0.636. The average Bonchev–Trinajstić information content (AvgIpc) is 2.54. The van der Waals surface area contributed by atoms with Crippen LogP contribution in [0.4, 0.5) is 0 Å². The van der Waals surface area contributed by atoms with Crippen LogP contribution in [0.25, 0.3) is 0 Å². The van der Waals surface area contributed by atoms with Crippen LogP contribution in [0.15, 0.2) is 0 Å². The molecule has 17 heavy (non-hydrogen) atoms. The Morgan fingerprint density at radius 2 is 2.41 bits per heavy atom. The molecule has 1 saturated heterocycles. The Hall–Kier alpha value is -1.07. The van der Waals surface area contributed by atoms with Crippen molar-refractivity contribution in [3.8, 4) is 0 Å². The number of halogens is 1. The van der Waals surface area contributed by atoms with Gasteiger partial charge < -0.3 is 10.6 Å². The Morgan fingerprint density at radius 1 is 1.65 bits per heavy atom. The van der Waals surface area contributed by atoms with E-state index in [9.17, 15) is 4.79 Å². The minimum Gasteiger partial charge on any atom is -0.355 e. The van der Waals surface area contributed by atoms with E-state index in [4.69, 9.17) is 11.6 Å². The smallest absolute Gasteiger partial charge is 0.220 e. The fourth-order valence-electron chi connectivity index (χ4n) is 2.02. The van der Waals surface area contributed by atoms with E-state index in [-0.39, 0.29) is 5.91 Å². The number of aryl methyl sites for hydroxylation is 2. The van der Waals surface area contributed by atoms with Crippen molar-refractivity contribution in [1.29, 1.82) is 0 Å². The SMILES string of the molecule is Cc1nn(C)c(CNC2CCC(=O)NC2)c1Cl. The van der Waals surface area contributed by atoms with Gasteiger partial charge in [0.05, 0.1) is 16.4 Å². The Labute approximate surface area is 106 Å². The lowest BCUT2D eigenvalue weighted by Crippen LogP contribution is -2.45. The zero-order valence-corrected chi connectivity index (χ0v) is 10.8. The molecule has 0 aliphatic carbocycles. The van der Waals surface area contributed by atoms with Crippen molar-refractivity contribution in [1.82, 2.24) is 20.4 Å². The number of amides is 1. The van der Waals surface area contributed by atoms with Gasteiger partial charge in [-0.25, -0.2) is 0 Å². The fourth-order valence-corrected chi connectivity index (χ4v) is 2.25. The molecule has 5 nitrogen and oxygen atoms in total. The molecule has 1 aromatic heterocycles. The molecular formula is C11H17ClN4O. The summed E-state index contributed by atoms with van der Waals surface area (Å²) in [6, 6.07) is 0.318. The van der Waals surface area contributed by atoms with E-state index >= 15 is 0 Å². The number of piperidine rings is 1. The van der Waals surface area contributed by atoms with Crippen LogP contribution in [-0.2, 0) is 18.4 Å². The largest absolute Gasteiger partial charge is 0.355 e. The minimum atomic E-state index is 0.137. The van der Waals surface area contributed by atoms with Crippen molar-refractivity contribution >= 4 is 17.5 Å². The molecule has 94 valence electrons. The number of nitrogens with one attached hydrogen (secondary N) is 2.